The first kappa shape index (κ1) is 42.6. The van der Waals surface area contributed by atoms with Crippen molar-refractivity contribution >= 4 is 11.4 Å². The number of hydrogen-bond acceptors (Lipinski definition) is 9. The Kier molecular flexibility index (Phi) is 11.4. The van der Waals surface area contributed by atoms with Gasteiger partial charge in [0.1, 0.15) is 43.3 Å². The normalized spacial score (nSPS) is 22.4. The molecule has 14 heteroatoms. The third-order valence-electron chi connectivity index (χ3n) is 13.1. The molecule has 12 nitrogen and oxygen atoms in total. The minimum Gasteiger partial charge on any atom is -0.493 e. The lowest BCUT2D eigenvalue weighted by Gasteiger charge is -2.43. The maximum Gasteiger partial charge on any atom is 0.350 e. The molecule has 328 valence electrons. The zero-order chi connectivity index (χ0) is 45.2. The summed E-state index contributed by atoms with van der Waals surface area (Å²) in [5.41, 5.74) is 2.64. The van der Waals surface area contributed by atoms with Crippen LogP contribution in [0.1, 0.15) is 103 Å². The smallest absolute Gasteiger partial charge is 0.350 e. The van der Waals surface area contributed by atoms with Crippen molar-refractivity contribution in [2.75, 3.05) is 36.0 Å². The summed E-state index contributed by atoms with van der Waals surface area (Å²) >= 11 is 0. The van der Waals surface area contributed by atoms with Gasteiger partial charge in [0.15, 0.2) is 0 Å². The fourth-order valence-electron chi connectivity index (χ4n) is 10.1. The summed E-state index contributed by atoms with van der Waals surface area (Å²) in [4.78, 5) is 22.6. The van der Waals surface area contributed by atoms with Crippen LogP contribution in [0.2, 0.25) is 0 Å². The van der Waals surface area contributed by atoms with Gasteiger partial charge in [-0.25, -0.2) is 32.5 Å². The molecular weight excluding hydrogens is 779 g/mol. The van der Waals surface area contributed by atoms with Gasteiger partial charge in [-0.3, -0.25) is 0 Å². The Labute approximate surface area is 359 Å². The first-order chi connectivity index (χ1) is 29.0. The highest BCUT2D eigenvalue weighted by molar-refractivity contribution is 5.60. The van der Waals surface area contributed by atoms with E-state index in [9.17, 15) is 14.3 Å². The third-order valence-corrected chi connectivity index (χ3v) is 13.1. The van der Waals surface area contributed by atoms with E-state index in [-0.39, 0.29) is 24.4 Å². The molecule has 7 rings (SSSR count). The van der Waals surface area contributed by atoms with Gasteiger partial charge in [-0.1, -0.05) is 20.8 Å². The predicted molar refractivity (Wildman–Crippen MR) is 234 cm³/mol. The summed E-state index contributed by atoms with van der Waals surface area (Å²) in [5.74, 6) is -0.555. The molecule has 4 heterocycles. The van der Waals surface area contributed by atoms with Crippen LogP contribution in [0.3, 0.4) is 0 Å². The van der Waals surface area contributed by atoms with Crippen LogP contribution < -0.4 is 20.2 Å². The van der Waals surface area contributed by atoms with Crippen LogP contribution in [0.15, 0.2) is 66.2 Å². The highest BCUT2D eigenvalue weighted by Crippen LogP contribution is 2.52. The van der Waals surface area contributed by atoms with Crippen molar-refractivity contribution < 1.29 is 24.7 Å². The van der Waals surface area contributed by atoms with E-state index in [0.29, 0.717) is 35.4 Å². The van der Waals surface area contributed by atoms with Crippen LogP contribution >= 0.6 is 0 Å². The minimum atomic E-state index is -1.24. The van der Waals surface area contributed by atoms with Crippen LogP contribution in [-0.4, -0.2) is 78.2 Å². The van der Waals surface area contributed by atoms with Crippen LogP contribution in [0.5, 0.6) is 5.75 Å². The van der Waals surface area contributed by atoms with Crippen molar-refractivity contribution in [3.05, 3.63) is 111 Å². The molecule has 0 bridgehead atoms. The first-order valence-electron chi connectivity index (χ1n) is 21.8. The van der Waals surface area contributed by atoms with Crippen molar-refractivity contribution in [2.24, 2.45) is 11.3 Å². The number of ether oxygens (including phenoxy) is 2. The summed E-state index contributed by atoms with van der Waals surface area (Å²) in [6.45, 7) is 25.5. The lowest BCUT2D eigenvalue weighted by atomic mass is 9.78. The van der Waals surface area contributed by atoms with Gasteiger partial charge in [0.2, 0.25) is 0 Å². The first-order valence-corrected chi connectivity index (χ1v) is 21.3. The van der Waals surface area contributed by atoms with Crippen LogP contribution in [0.4, 0.5) is 20.2 Å². The fourth-order valence-corrected chi connectivity index (χ4v) is 10.1. The molecule has 2 fully saturated rings. The van der Waals surface area contributed by atoms with Crippen LogP contribution in [0, 0.1) is 50.7 Å². The number of hydrogen-bond donors (Lipinski definition) is 1. The molecule has 0 spiro atoms. The Bertz CT molecular complexity index is 2480. The maximum absolute atomic E-state index is 15.8. The lowest BCUT2D eigenvalue weighted by Crippen LogP contribution is -2.52. The summed E-state index contributed by atoms with van der Waals surface area (Å²) in [6, 6.07) is 12.1. The topological polar surface area (TPSA) is 116 Å². The number of anilines is 2. The van der Waals surface area contributed by atoms with Gasteiger partial charge in [0.25, 0.3) is 0 Å². The number of nitrogens with zero attached hydrogens (tertiary/aromatic N) is 8. The van der Waals surface area contributed by atoms with Gasteiger partial charge in [-0.15, -0.1) is 0 Å². The quantitative estimate of drug-likeness (QED) is 0.141. The summed E-state index contributed by atoms with van der Waals surface area (Å²) < 4.78 is 56.6. The van der Waals surface area contributed by atoms with Crippen LogP contribution in [0.25, 0.3) is 5.69 Å². The number of halogens is 2. The minimum absolute atomic E-state index is 0.0954. The second-order valence-corrected chi connectivity index (χ2v) is 19.0. The van der Waals surface area contributed by atoms with Gasteiger partial charge in [0, 0.05) is 54.6 Å². The standard InChI is InChI=1S/C47H62F2N8O4/c1-28-19-37(55-27-52-57(44(55)58)43(45(8,9)10)46(11,12)59)13-15-40(28)53-17-18-54(30(3)23-53)36-14-16-41(29(2)20-36)60-24-35-22-47(61-33(35)6,34(7)56-26-50-25-51-56)42-32(5)31(4)38(48)21-39(42)49/h13-16,19-21,25-27,30,33-35,43,59H,17-18,22-24H2,1-12H3/t30?,33?,34-,35+,43-,47-/m0/s1/i27D. The summed E-state index contributed by atoms with van der Waals surface area (Å²) in [6.07, 6.45) is 3.01. The van der Waals surface area contributed by atoms with Crippen molar-refractivity contribution in [1.29, 1.82) is 0 Å². The van der Waals surface area contributed by atoms with Gasteiger partial charge in [0.05, 0.1) is 36.1 Å². The summed E-state index contributed by atoms with van der Waals surface area (Å²) in [7, 11) is 0. The maximum atomic E-state index is 15.8. The number of aryl methyl sites for hydroxylation is 2. The number of benzene rings is 3. The Balaban J connectivity index is 1.03. The molecule has 0 saturated carbocycles. The monoisotopic (exact) mass is 841 g/mol. The van der Waals surface area contributed by atoms with Gasteiger partial charge in [-0.2, -0.15) is 10.2 Å². The van der Waals surface area contributed by atoms with E-state index in [0.717, 1.165) is 54.0 Å². The molecule has 2 aromatic heterocycles. The SMILES string of the molecule is [2H]c1nn([C@@H](C(C)(C)C)C(C)(C)O)c(=O)n1-c1ccc(N2CCN(c3ccc(OC[C@H]4C[C@@](c5c(F)cc(F)c(C)c5C)([C@H](C)n5cncn5)OC4C)c(C)c3)C(C)C2)c(C)c1. The second-order valence-electron chi connectivity index (χ2n) is 19.0. The Morgan fingerprint density at radius 2 is 1.67 bits per heavy atom. The predicted octanol–water partition coefficient (Wildman–Crippen LogP) is 8.17. The van der Waals surface area contributed by atoms with Crippen molar-refractivity contribution in [3.63, 3.8) is 0 Å². The number of piperazine rings is 1. The average molecular weight is 842 g/mol. The fraction of sp³-hybridized carbons (Fsp3) is 0.532. The third kappa shape index (κ3) is 8.20. The molecule has 3 aromatic carbocycles. The van der Waals surface area contributed by atoms with E-state index >= 15 is 4.39 Å². The molecule has 0 amide bonds. The van der Waals surface area contributed by atoms with Crippen molar-refractivity contribution in [3.8, 4) is 11.4 Å². The largest absolute Gasteiger partial charge is 0.493 e. The molecule has 2 aliphatic heterocycles. The number of aromatic nitrogens is 6. The lowest BCUT2D eigenvalue weighted by molar-refractivity contribution is -0.0787. The van der Waals surface area contributed by atoms with E-state index in [2.05, 4.69) is 44.0 Å². The molecule has 6 atom stereocenters. The van der Waals surface area contributed by atoms with Gasteiger partial charge >= 0.3 is 5.69 Å². The Hall–Kier alpha value is -5.08. The molecule has 2 saturated heterocycles. The average Bonchev–Trinajstić information content (AvgIpc) is 3.90. The Morgan fingerprint density at radius 1 is 0.967 bits per heavy atom. The molecule has 1 N–H and O–H groups in total. The van der Waals surface area contributed by atoms with Crippen molar-refractivity contribution in [2.45, 2.75) is 125 Å². The highest BCUT2D eigenvalue weighted by Gasteiger charge is 2.53. The zero-order valence-corrected chi connectivity index (χ0v) is 37.6. The second kappa shape index (κ2) is 16.3. The highest BCUT2D eigenvalue weighted by atomic mass is 19.1. The molecular formula is C47H62F2N8O4. The number of rotatable bonds is 11. The molecule has 0 aliphatic carbocycles. The van der Waals surface area contributed by atoms with Gasteiger partial charge < -0.3 is 24.4 Å². The molecule has 0 radical (unpaired) electrons. The van der Waals surface area contributed by atoms with E-state index in [4.69, 9.17) is 10.8 Å². The van der Waals surface area contributed by atoms with E-state index in [1.165, 1.54) is 15.6 Å². The molecule has 2 unspecified atom stereocenters. The zero-order valence-electron chi connectivity index (χ0n) is 38.6. The van der Waals surface area contributed by atoms with E-state index < -0.39 is 46.0 Å². The molecule has 61 heavy (non-hydrogen) atoms. The van der Waals surface area contributed by atoms with E-state index in [1.54, 1.807) is 38.7 Å². The van der Waals surface area contributed by atoms with Crippen molar-refractivity contribution in [1.82, 2.24) is 29.1 Å². The summed E-state index contributed by atoms with van der Waals surface area (Å²) in [5, 5.41) is 19.7. The van der Waals surface area contributed by atoms with E-state index in [1.807, 2.05) is 72.7 Å². The Morgan fingerprint density at radius 3 is 2.30 bits per heavy atom. The van der Waals surface area contributed by atoms with Crippen LogP contribution in [-0.2, 0) is 10.3 Å². The molecule has 5 aromatic rings. The number of aliphatic hydroxyl groups is 1. The molecule has 2 aliphatic rings. The van der Waals surface area contributed by atoms with Gasteiger partial charge in [-0.05, 0) is 133 Å².